The van der Waals surface area contributed by atoms with Gasteiger partial charge in [0.05, 0.1) is 23.3 Å². The van der Waals surface area contributed by atoms with Gasteiger partial charge in [-0.25, -0.2) is 14.2 Å². The van der Waals surface area contributed by atoms with Gasteiger partial charge in [0, 0.05) is 30.9 Å². The second-order valence-electron chi connectivity index (χ2n) is 8.00. The van der Waals surface area contributed by atoms with Gasteiger partial charge in [-0.2, -0.15) is 0 Å². The van der Waals surface area contributed by atoms with E-state index in [1.807, 2.05) is 25.7 Å². The molecular formula is C18H22ClFN4O2. The number of aromatic nitrogens is 2. The largest absolute Gasteiger partial charge is 0.444 e. The van der Waals surface area contributed by atoms with Crippen LogP contribution in [-0.4, -0.2) is 51.7 Å². The zero-order chi connectivity index (χ0) is 18.6. The third-order valence-corrected chi connectivity index (χ3v) is 5.30. The van der Waals surface area contributed by atoms with Crippen LogP contribution in [-0.2, 0) is 4.74 Å². The summed E-state index contributed by atoms with van der Waals surface area (Å²) in [5.41, 5.74) is 0.748. The Morgan fingerprint density at radius 2 is 2.00 bits per heavy atom. The topological polar surface area (TPSA) is 61.5 Å². The molecule has 0 radical (unpaired) electrons. The number of aromatic amines is 1. The van der Waals surface area contributed by atoms with Crippen molar-refractivity contribution in [3.05, 3.63) is 23.4 Å². The Morgan fingerprint density at radius 1 is 1.35 bits per heavy atom. The minimum Gasteiger partial charge on any atom is -0.444 e. The maximum absolute atomic E-state index is 14.2. The number of ether oxygens (including phenoxy) is 1. The normalized spacial score (nSPS) is 23.0. The van der Waals surface area contributed by atoms with Crippen molar-refractivity contribution in [3.8, 4) is 0 Å². The van der Waals surface area contributed by atoms with Crippen LogP contribution < -0.4 is 4.90 Å². The lowest BCUT2D eigenvalue weighted by Crippen LogP contribution is -2.56. The summed E-state index contributed by atoms with van der Waals surface area (Å²) in [6, 6.07) is 0.192. The third kappa shape index (κ3) is 2.88. The number of hydrogen-bond donors (Lipinski definition) is 1. The van der Waals surface area contributed by atoms with E-state index in [2.05, 4.69) is 14.9 Å². The molecule has 1 amide bonds. The molecule has 2 bridgehead atoms. The van der Waals surface area contributed by atoms with Crippen LogP contribution >= 0.6 is 11.6 Å². The summed E-state index contributed by atoms with van der Waals surface area (Å²) >= 11 is 5.77. The highest BCUT2D eigenvalue weighted by atomic mass is 35.5. The Kier molecular flexibility index (Phi) is 4.02. The Labute approximate surface area is 156 Å². The maximum atomic E-state index is 14.2. The van der Waals surface area contributed by atoms with Gasteiger partial charge in [-0.3, -0.25) is 4.90 Å². The first-order valence-corrected chi connectivity index (χ1v) is 9.20. The highest BCUT2D eigenvalue weighted by molar-refractivity contribution is 6.30. The molecule has 6 nitrogen and oxygen atoms in total. The van der Waals surface area contributed by atoms with Crippen molar-refractivity contribution in [1.29, 1.82) is 0 Å². The zero-order valence-electron chi connectivity index (χ0n) is 15.1. The molecule has 2 atom stereocenters. The Morgan fingerprint density at radius 3 is 2.62 bits per heavy atom. The summed E-state index contributed by atoms with van der Waals surface area (Å²) in [6.45, 7) is 7.00. The van der Waals surface area contributed by atoms with Crippen LogP contribution in [0.2, 0.25) is 5.15 Å². The lowest BCUT2D eigenvalue weighted by Gasteiger charge is -2.42. The summed E-state index contributed by atoms with van der Waals surface area (Å²) in [5.74, 6) is -0.536. The van der Waals surface area contributed by atoms with Gasteiger partial charge in [0.15, 0.2) is 11.0 Å². The quantitative estimate of drug-likeness (QED) is 0.761. The molecule has 2 aliphatic heterocycles. The number of hydrogen-bond acceptors (Lipinski definition) is 4. The highest BCUT2D eigenvalue weighted by Crippen LogP contribution is 2.37. The number of amides is 1. The molecule has 2 aromatic rings. The molecule has 4 heterocycles. The van der Waals surface area contributed by atoms with E-state index in [0.717, 1.165) is 18.5 Å². The van der Waals surface area contributed by atoms with E-state index < -0.39 is 11.4 Å². The fraction of sp³-hybridized carbons (Fsp3) is 0.556. The standard InChI is InChI=1S/C18H22ClFN4O2/c1-18(2,3)26-17(25)24-10-4-5-11(24)9-23(8-10)13-7-21-15-12(13)6-22-16(19)14(15)20/h6-7,10-11,21H,4-5,8-9H2,1-3H3. The van der Waals surface area contributed by atoms with Crippen LogP contribution in [0.4, 0.5) is 14.9 Å². The molecule has 0 spiro atoms. The van der Waals surface area contributed by atoms with Crippen LogP contribution in [0.1, 0.15) is 33.6 Å². The maximum Gasteiger partial charge on any atom is 0.410 e. The van der Waals surface area contributed by atoms with E-state index in [4.69, 9.17) is 16.3 Å². The number of nitrogens with one attached hydrogen (secondary N) is 1. The lowest BCUT2D eigenvalue weighted by molar-refractivity contribution is 0.0123. The number of pyridine rings is 1. The molecule has 4 rings (SSSR count). The molecule has 0 saturated carbocycles. The van der Waals surface area contributed by atoms with E-state index in [9.17, 15) is 9.18 Å². The number of rotatable bonds is 1. The molecule has 2 aromatic heterocycles. The molecular weight excluding hydrogens is 359 g/mol. The predicted molar refractivity (Wildman–Crippen MR) is 98.2 cm³/mol. The summed E-state index contributed by atoms with van der Waals surface area (Å²) in [5, 5.41) is 0.567. The minimum absolute atomic E-state index is 0.0960. The number of nitrogens with zero attached hydrogens (tertiary/aromatic N) is 3. The SMILES string of the molecule is CC(C)(C)OC(=O)N1C2CCC1CN(c1c[nH]c3c(F)c(Cl)ncc13)C2. The molecule has 8 heteroatoms. The first-order chi connectivity index (χ1) is 12.2. The van der Waals surface area contributed by atoms with Gasteiger partial charge in [0.2, 0.25) is 0 Å². The lowest BCUT2D eigenvalue weighted by atomic mass is 10.1. The van der Waals surface area contributed by atoms with E-state index in [1.54, 1.807) is 12.4 Å². The van der Waals surface area contributed by atoms with Crippen molar-refractivity contribution in [2.24, 2.45) is 0 Å². The summed E-state index contributed by atoms with van der Waals surface area (Å²) in [7, 11) is 0. The molecule has 2 unspecified atom stereocenters. The van der Waals surface area contributed by atoms with Crippen molar-refractivity contribution in [3.63, 3.8) is 0 Å². The number of piperazine rings is 1. The monoisotopic (exact) mass is 380 g/mol. The van der Waals surface area contributed by atoms with Gasteiger partial charge in [-0.15, -0.1) is 0 Å². The first-order valence-electron chi connectivity index (χ1n) is 8.82. The van der Waals surface area contributed by atoms with Crippen LogP contribution in [0.15, 0.2) is 12.4 Å². The molecule has 0 aromatic carbocycles. The minimum atomic E-state index is -0.536. The van der Waals surface area contributed by atoms with E-state index in [-0.39, 0.29) is 23.3 Å². The van der Waals surface area contributed by atoms with Crippen LogP contribution in [0.25, 0.3) is 10.9 Å². The number of H-pyrrole nitrogens is 1. The van der Waals surface area contributed by atoms with E-state index in [0.29, 0.717) is 24.0 Å². The number of halogens is 2. The Bertz CT molecular complexity index is 849. The van der Waals surface area contributed by atoms with Crippen molar-refractivity contribution in [2.75, 3.05) is 18.0 Å². The number of fused-ring (bicyclic) bond motifs is 3. The molecule has 26 heavy (non-hydrogen) atoms. The second-order valence-corrected chi connectivity index (χ2v) is 8.36. The van der Waals surface area contributed by atoms with Crippen LogP contribution in [0.5, 0.6) is 0 Å². The average molecular weight is 381 g/mol. The molecule has 2 aliphatic rings. The second kappa shape index (κ2) is 6.01. The fourth-order valence-electron chi connectivity index (χ4n) is 3.99. The molecule has 140 valence electrons. The fourth-order valence-corrected chi connectivity index (χ4v) is 4.13. The van der Waals surface area contributed by atoms with Gasteiger partial charge >= 0.3 is 6.09 Å². The van der Waals surface area contributed by atoms with Gasteiger partial charge < -0.3 is 14.6 Å². The van der Waals surface area contributed by atoms with Gasteiger partial charge in [0.25, 0.3) is 0 Å². The van der Waals surface area contributed by atoms with Crippen molar-refractivity contribution < 1.29 is 13.9 Å². The van der Waals surface area contributed by atoms with Crippen molar-refractivity contribution in [2.45, 2.75) is 51.3 Å². The van der Waals surface area contributed by atoms with Gasteiger partial charge in [-0.1, -0.05) is 11.6 Å². The molecule has 0 aliphatic carbocycles. The summed E-state index contributed by atoms with van der Waals surface area (Å²) in [4.78, 5) is 23.5. The Balaban J connectivity index is 1.58. The first kappa shape index (κ1) is 17.4. The number of carbonyl (C=O) groups excluding carboxylic acids is 1. The van der Waals surface area contributed by atoms with Gasteiger partial charge in [0.1, 0.15) is 5.60 Å². The van der Waals surface area contributed by atoms with Gasteiger partial charge in [-0.05, 0) is 33.6 Å². The Hall–Kier alpha value is -2.02. The highest BCUT2D eigenvalue weighted by Gasteiger charge is 2.44. The molecule has 2 saturated heterocycles. The third-order valence-electron chi connectivity index (χ3n) is 5.03. The van der Waals surface area contributed by atoms with E-state index in [1.165, 1.54) is 0 Å². The van der Waals surface area contributed by atoms with Crippen LogP contribution in [0, 0.1) is 5.82 Å². The van der Waals surface area contributed by atoms with E-state index >= 15 is 0 Å². The summed E-state index contributed by atoms with van der Waals surface area (Å²) in [6.07, 6.45) is 5.02. The molecule has 2 fully saturated rings. The van der Waals surface area contributed by atoms with Crippen molar-refractivity contribution in [1.82, 2.24) is 14.9 Å². The average Bonchev–Trinajstić information content (AvgIpc) is 3.09. The number of carbonyl (C=O) groups is 1. The van der Waals surface area contributed by atoms with Crippen molar-refractivity contribution >= 4 is 34.3 Å². The number of anilines is 1. The summed E-state index contributed by atoms with van der Waals surface area (Å²) < 4.78 is 19.7. The molecule has 1 N–H and O–H groups in total. The zero-order valence-corrected chi connectivity index (χ0v) is 15.8. The smallest absolute Gasteiger partial charge is 0.410 e. The predicted octanol–water partition coefficient (Wildman–Crippen LogP) is 3.94. The van der Waals surface area contributed by atoms with Crippen LogP contribution in [0.3, 0.4) is 0 Å².